The lowest BCUT2D eigenvalue weighted by Gasteiger charge is -2.27. The average molecular weight is 421 g/mol. The van der Waals surface area contributed by atoms with Gasteiger partial charge in [0.05, 0.1) is 17.1 Å². The van der Waals surface area contributed by atoms with Crippen LogP contribution in [0.25, 0.3) is 6.08 Å². The molecule has 1 aromatic heterocycles. The summed E-state index contributed by atoms with van der Waals surface area (Å²) in [4.78, 5) is 29.7. The molecular weight excluding hydrogens is 400 g/mol. The number of nitrogens with zero attached hydrogens (tertiary/aromatic N) is 1. The van der Waals surface area contributed by atoms with Gasteiger partial charge in [-0.1, -0.05) is 47.7 Å². The van der Waals surface area contributed by atoms with E-state index in [1.807, 2.05) is 60.8 Å². The second kappa shape index (κ2) is 8.27. The van der Waals surface area contributed by atoms with Gasteiger partial charge in [-0.15, -0.1) is 11.3 Å². The van der Waals surface area contributed by atoms with Crippen LogP contribution in [0.4, 0.5) is 5.69 Å². The zero-order valence-corrected chi connectivity index (χ0v) is 17.8. The van der Waals surface area contributed by atoms with Crippen molar-refractivity contribution in [1.29, 1.82) is 0 Å². The number of fused-ring (bicyclic) bond motifs is 1. The highest BCUT2D eigenvalue weighted by molar-refractivity contribution is 8.04. The van der Waals surface area contributed by atoms with Crippen LogP contribution >= 0.6 is 23.1 Å². The monoisotopic (exact) mass is 420 g/mol. The number of aryl methyl sites for hydroxylation is 1. The number of carbonyl (C=O) groups excluding carboxylic acids is 2. The predicted octanol–water partition coefficient (Wildman–Crippen LogP) is 5.10. The standard InChI is InChI=1S/C23H20N2O2S2/c1-15-5-3-6-16(11-15)12-21-23(27)25(2)19-13-17(8-9-20(19)29-21)22(26)24-14-18-7-4-10-28-18/h3-13H,14H2,1-2H3,(H,24,26). The quantitative estimate of drug-likeness (QED) is 0.598. The third-order valence-electron chi connectivity index (χ3n) is 4.66. The first-order valence-corrected chi connectivity index (χ1v) is 10.9. The molecule has 0 saturated carbocycles. The first-order chi connectivity index (χ1) is 14.0. The van der Waals surface area contributed by atoms with Crippen LogP contribution in [0.15, 0.2) is 69.8 Å². The highest BCUT2D eigenvalue weighted by Crippen LogP contribution is 2.42. The molecule has 2 aromatic carbocycles. The van der Waals surface area contributed by atoms with Gasteiger partial charge in [-0.05, 0) is 48.2 Å². The minimum atomic E-state index is -0.145. The Kier molecular flexibility index (Phi) is 5.56. The van der Waals surface area contributed by atoms with Gasteiger partial charge in [-0.2, -0.15) is 0 Å². The van der Waals surface area contributed by atoms with Gasteiger partial charge in [0.15, 0.2) is 0 Å². The van der Waals surface area contributed by atoms with Crippen molar-refractivity contribution in [3.05, 3.63) is 86.5 Å². The Morgan fingerprint density at radius 2 is 2.00 bits per heavy atom. The molecule has 0 saturated heterocycles. The minimum absolute atomic E-state index is 0.0693. The number of carbonyl (C=O) groups is 2. The van der Waals surface area contributed by atoms with Gasteiger partial charge in [0, 0.05) is 22.4 Å². The van der Waals surface area contributed by atoms with E-state index in [4.69, 9.17) is 0 Å². The number of benzene rings is 2. The van der Waals surface area contributed by atoms with Crippen LogP contribution in [0.2, 0.25) is 0 Å². The summed E-state index contributed by atoms with van der Waals surface area (Å²) >= 11 is 3.05. The fourth-order valence-electron chi connectivity index (χ4n) is 3.13. The number of thiophene rings is 1. The van der Waals surface area contributed by atoms with E-state index >= 15 is 0 Å². The molecule has 1 aliphatic heterocycles. The van der Waals surface area contributed by atoms with Crippen molar-refractivity contribution >= 4 is 46.7 Å². The zero-order chi connectivity index (χ0) is 20.4. The lowest BCUT2D eigenvalue weighted by Crippen LogP contribution is -2.30. The maximum absolute atomic E-state index is 12.9. The zero-order valence-electron chi connectivity index (χ0n) is 16.1. The summed E-state index contributed by atoms with van der Waals surface area (Å²) < 4.78 is 0. The van der Waals surface area contributed by atoms with Gasteiger partial charge in [0.25, 0.3) is 11.8 Å². The molecule has 146 valence electrons. The van der Waals surface area contributed by atoms with E-state index in [0.717, 1.165) is 26.6 Å². The Morgan fingerprint density at radius 3 is 2.76 bits per heavy atom. The molecule has 2 amide bonds. The van der Waals surface area contributed by atoms with Crippen LogP contribution in [0.3, 0.4) is 0 Å². The summed E-state index contributed by atoms with van der Waals surface area (Å²) in [5.41, 5.74) is 3.46. The number of thioether (sulfide) groups is 1. The molecule has 29 heavy (non-hydrogen) atoms. The number of rotatable bonds is 4. The summed E-state index contributed by atoms with van der Waals surface area (Å²) in [6.45, 7) is 2.53. The van der Waals surface area contributed by atoms with Crippen molar-refractivity contribution in [2.24, 2.45) is 0 Å². The molecule has 0 unspecified atom stereocenters. The van der Waals surface area contributed by atoms with E-state index in [9.17, 15) is 9.59 Å². The molecule has 0 fully saturated rings. The van der Waals surface area contributed by atoms with Crippen LogP contribution in [-0.2, 0) is 11.3 Å². The third-order valence-corrected chi connectivity index (χ3v) is 6.61. The molecule has 6 heteroatoms. The Hall–Kier alpha value is -2.83. The summed E-state index contributed by atoms with van der Waals surface area (Å²) in [6.07, 6.45) is 1.92. The highest BCUT2D eigenvalue weighted by atomic mass is 32.2. The molecular formula is C23H20N2O2S2. The summed E-state index contributed by atoms with van der Waals surface area (Å²) in [5.74, 6) is -0.215. The Balaban J connectivity index is 1.56. The molecule has 0 atom stereocenters. The van der Waals surface area contributed by atoms with E-state index in [1.165, 1.54) is 11.8 Å². The van der Waals surface area contributed by atoms with E-state index in [1.54, 1.807) is 29.4 Å². The first-order valence-electron chi connectivity index (χ1n) is 9.20. The molecule has 0 bridgehead atoms. The fraction of sp³-hybridized carbons (Fsp3) is 0.130. The second-order valence-corrected chi connectivity index (χ2v) is 8.95. The Morgan fingerprint density at radius 1 is 1.14 bits per heavy atom. The van der Waals surface area contributed by atoms with Crippen molar-refractivity contribution in [2.75, 3.05) is 11.9 Å². The van der Waals surface area contributed by atoms with Gasteiger partial charge in [-0.3, -0.25) is 9.59 Å². The van der Waals surface area contributed by atoms with Crippen LogP contribution in [0, 0.1) is 6.92 Å². The first kappa shape index (κ1) is 19.5. The summed E-state index contributed by atoms with van der Waals surface area (Å²) in [6, 6.07) is 17.5. The van der Waals surface area contributed by atoms with Crippen molar-refractivity contribution in [3.63, 3.8) is 0 Å². The third kappa shape index (κ3) is 4.28. The maximum atomic E-state index is 12.9. The van der Waals surface area contributed by atoms with Gasteiger partial charge < -0.3 is 10.2 Å². The predicted molar refractivity (Wildman–Crippen MR) is 120 cm³/mol. The highest BCUT2D eigenvalue weighted by Gasteiger charge is 2.27. The number of likely N-dealkylation sites (N-methyl/N-ethyl adjacent to an activating group) is 1. The normalized spacial score (nSPS) is 14.8. The number of hydrogen-bond acceptors (Lipinski definition) is 4. The smallest absolute Gasteiger partial charge is 0.264 e. The van der Waals surface area contributed by atoms with Crippen molar-refractivity contribution in [1.82, 2.24) is 5.32 Å². The lowest BCUT2D eigenvalue weighted by molar-refractivity contribution is -0.114. The van der Waals surface area contributed by atoms with Gasteiger partial charge in [-0.25, -0.2) is 0 Å². The molecule has 0 aliphatic carbocycles. The molecule has 1 N–H and O–H groups in total. The molecule has 4 rings (SSSR count). The topological polar surface area (TPSA) is 49.4 Å². The van der Waals surface area contributed by atoms with E-state index in [2.05, 4.69) is 11.4 Å². The van der Waals surface area contributed by atoms with Crippen molar-refractivity contribution in [2.45, 2.75) is 18.4 Å². The molecule has 2 heterocycles. The van der Waals surface area contributed by atoms with Gasteiger partial charge >= 0.3 is 0 Å². The molecule has 3 aromatic rings. The molecule has 0 spiro atoms. The summed E-state index contributed by atoms with van der Waals surface area (Å²) in [5, 5.41) is 4.92. The number of anilines is 1. The van der Waals surface area contributed by atoms with Crippen LogP contribution in [0.5, 0.6) is 0 Å². The van der Waals surface area contributed by atoms with E-state index in [0.29, 0.717) is 17.0 Å². The Labute approximate surface area is 178 Å². The maximum Gasteiger partial charge on any atom is 0.264 e. The van der Waals surface area contributed by atoms with E-state index in [-0.39, 0.29) is 11.8 Å². The Bertz CT molecular complexity index is 1100. The van der Waals surface area contributed by atoms with Gasteiger partial charge in [0.2, 0.25) is 0 Å². The fourth-order valence-corrected chi connectivity index (χ4v) is 4.87. The van der Waals surface area contributed by atoms with Gasteiger partial charge in [0.1, 0.15) is 0 Å². The molecule has 0 radical (unpaired) electrons. The van der Waals surface area contributed by atoms with Crippen LogP contribution in [0.1, 0.15) is 26.4 Å². The number of nitrogens with one attached hydrogen (secondary N) is 1. The average Bonchev–Trinajstić information content (AvgIpc) is 3.23. The van der Waals surface area contributed by atoms with Crippen LogP contribution < -0.4 is 10.2 Å². The minimum Gasteiger partial charge on any atom is -0.347 e. The number of hydrogen-bond donors (Lipinski definition) is 1. The second-order valence-electron chi connectivity index (χ2n) is 6.83. The number of amides is 2. The van der Waals surface area contributed by atoms with Crippen LogP contribution in [-0.4, -0.2) is 18.9 Å². The molecule has 4 nitrogen and oxygen atoms in total. The lowest BCUT2D eigenvalue weighted by atomic mass is 10.1. The van der Waals surface area contributed by atoms with Crippen molar-refractivity contribution < 1.29 is 9.59 Å². The molecule has 1 aliphatic rings. The van der Waals surface area contributed by atoms with E-state index < -0.39 is 0 Å². The largest absolute Gasteiger partial charge is 0.347 e. The SMILES string of the molecule is Cc1cccc(C=C2Sc3ccc(C(=O)NCc4cccs4)cc3N(C)C2=O)c1. The van der Waals surface area contributed by atoms with Crippen molar-refractivity contribution in [3.8, 4) is 0 Å². The summed E-state index contributed by atoms with van der Waals surface area (Å²) in [7, 11) is 1.75.